The van der Waals surface area contributed by atoms with Crippen LogP contribution in [-0.2, 0) is 9.53 Å². The van der Waals surface area contributed by atoms with Crippen LogP contribution in [0.1, 0.15) is 35.2 Å². The maximum Gasteiger partial charge on any atom is 0.338 e. The molecule has 0 unspecified atom stereocenters. The molecule has 0 radical (unpaired) electrons. The monoisotopic (exact) mass is 558 g/mol. The van der Waals surface area contributed by atoms with Crippen LogP contribution in [0.5, 0.6) is 11.5 Å². The molecule has 0 spiro atoms. The van der Waals surface area contributed by atoms with Crippen LogP contribution >= 0.6 is 22.9 Å². The summed E-state index contributed by atoms with van der Waals surface area (Å²) >= 11 is 7.46. The van der Waals surface area contributed by atoms with Gasteiger partial charge in [0.05, 0.1) is 28.5 Å². The van der Waals surface area contributed by atoms with Crippen molar-refractivity contribution in [1.29, 1.82) is 0 Å². The van der Waals surface area contributed by atoms with Gasteiger partial charge >= 0.3 is 5.97 Å². The highest BCUT2D eigenvalue weighted by molar-refractivity contribution is 7.07. The Kier molecular flexibility index (Phi) is 6.58. The van der Waals surface area contributed by atoms with E-state index < -0.39 is 12.0 Å². The van der Waals surface area contributed by atoms with Crippen molar-refractivity contribution in [1.82, 2.24) is 4.57 Å². The van der Waals surface area contributed by atoms with Crippen LogP contribution in [0.2, 0.25) is 5.02 Å². The van der Waals surface area contributed by atoms with Gasteiger partial charge in [0.15, 0.2) is 16.3 Å². The van der Waals surface area contributed by atoms with Crippen molar-refractivity contribution in [2.75, 3.05) is 13.4 Å². The Morgan fingerprint density at radius 1 is 1.13 bits per heavy atom. The summed E-state index contributed by atoms with van der Waals surface area (Å²) in [6.45, 7) is 4.06. The molecule has 2 aliphatic heterocycles. The fourth-order valence-electron chi connectivity index (χ4n) is 4.76. The minimum Gasteiger partial charge on any atom is -0.463 e. The van der Waals surface area contributed by atoms with Crippen molar-refractivity contribution in [2.45, 2.75) is 19.9 Å². The van der Waals surface area contributed by atoms with Gasteiger partial charge in [0.25, 0.3) is 5.56 Å². The van der Waals surface area contributed by atoms with Crippen molar-refractivity contribution >= 4 is 40.7 Å². The molecule has 7 nitrogen and oxygen atoms in total. The average molecular weight is 559 g/mol. The number of carbonyl (C=O) groups is 1. The smallest absolute Gasteiger partial charge is 0.338 e. The summed E-state index contributed by atoms with van der Waals surface area (Å²) in [6.07, 6.45) is 1.83. The molecule has 6 rings (SSSR count). The normalized spacial score (nSPS) is 16.2. The Hall–Kier alpha value is -4.14. The lowest BCUT2D eigenvalue weighted by Crippen LogP contribution is -2.40. The number of hydrogen-bond donors (Lipinski definition) is 0. The molecule has 196 valence electrons. The molecule has 0 saturated carbocycles. The number of halogens is 1. The maximum absolute atomic E-state index is 14.0. The summed E-state index contributed by atoms with van der Waals surface area (Å²) in [5.41, 5.74) is 3.76. The van der Waals surface area contributed by atoms with Crippen LogP contribution in [-0.4, -0.2) is 23.9 Å². The molecule has 0 saturated heterocycles. The zero-order valence-electron chi connectivity index (χ0n) is 21.1. The van der Waals surface area contributed by atoms with Crippen molar-refractivity contribution < 1.29 is 19.0 Å². The molecule has 4 aromatic rings. The van der Waals surface area contributed by atoms with Crippen LogP contribution < -0.4 is 24.4 Å². The third-order valence-corrected chi connectivity index (χ3v) is 7.84. The molecule has 1 atom stereocenters. The van der Waals surface area contributed by atoms with E-state index >= 15 is 0 Å². The second-order valence-corrected chi connectivity index (χ2v) is 10.5. The van der Waals surface area contributed by atoms with Crippen LogP contribution in [0, 0.1) is 6.92 Å². The summed E-state index contributed by atoms with van der Waals surface area (Å²) in [5, 5.41) is 0.550. The lowest BCUT2D eigenvalue weighted by Gasteiger charge is -2.25. The molecule has 0 N–H and O–H groups in total. The van der Waals surface area contributed by atoms with E-state index in [0.29, 0.717) is 37.1 Å². The van der Waals surface area contributed by atoms with Gasteiger partial charge in [-0.2, -0.15) is 0 Å². The number of thiazole rings is 1. The first kappa shape index (κ1) is 25.2. The Morgan fingerprint density at radius 2 is 1.85 bits per heavy atom. The first-order valence-electron chi connectivity index (χ1n) is 12.4. The van der Waals surface area contributed by atoms with Crippen LogP contribution in [0.15, 0.2) is 82.1 Å². The van der Waals surface area contributed by atoms with E-state index in [9.17, 15) is 9.59 Å². The van der Waals surface area contributed by atoms with E-state index in [4.69, 9.17) is 30.8 Å². The highest BCUT2D eigenvalue weighted by atomic mass is 35.5. The number of aromatic nitrogens is 1. The summed E-state index contributed by atoms with van der Waals surface area (Å²) in [4.78, 5) is 32.9. The number of esters is 1. The van der Waals surface area contributed by atoms with Crippen molar-refractivity contribution in [3.8, 4) is 11.5 Å². The largest absolute Gasteiger partial charge is 0.463 e. The van der Waals surface area contributed by atoms with Gasteiger partial charge in [0.1, 0.15) is 0 Å². The van der Waals surface area contributed by atoms with E-state index in [1.165, 1.54) is 11.3 Å². The van der Waals surface area contributed by atoms with E-state index in [0.717, 1.165) is 22.3 Å². The standard InChI is InChI=1S/C30H23ClN2O5S/c1-3-36-29(35)25-26(18-7-5-4-6-8-18)32-30-33(27(25)19-9-11-21(31)12-10-19)28(34)24(39-30)15-20-14-23-22(13-17(20)2)37-16-38-23/h4-15,27H,3,16H2,1-2H3/b24-15-/t27-/m1/s1. The molecule has 2 aliphatic rings. The molecule has 9 heteroatoms. The first-order valence-corrected chi connectivity index (χ1v) is 13.6. The maximum atomic E-state index is 14.0. The van der Waals surface area contributed by atoms with Crippen LogP contribution in [0.4, 0.5) is 0 Å². The molecule has 0 fully saturated rings. The van der Waals surface area contributed by atoms with E-state index in [1.54, 1.807) is 23.6 Å². The quantitative estimate of drug-likeness (QED) is 0.334. The van der Waals surface area contributed by atoms with Gasteiger partial charge in [0.2, 0.25) is 6.79 Å². The van der Waals surface area contributed by atoms with Gasteiger partial charge in [-0.05, 0) is 60.9 Å². The molecule has 3 heterocycles. The van der Waals surface area contributed by atoms with Crippen molar-refractivity contribution in [2.24, 2.45) is 4.99 Å². The first-order chi connectivity index (χ1) is 18.9. The molecule has 0 amide bonds. The molecular formula is C30H23ClN2O5S. The van der Waals surface area contributed by atoms with E-state index in [2.05, 4.69) is 0 Å². The molecule has 0 aliphatic carbocycles. The van der Waals surface area contributed by atoms with Crippen molar-refractivity contribution in [3.05, 3.63) is 119 Å². The number of fused-ring (bicyclic) bond motifs is 2. The van der Waals surface area contributed by atoms with Gasteiger partial charge in [0, 0.05) is 10.6 Å². The number of nitrogens with zero attached hydrogens (tertiary/aromatic N) is 2. The number of benzene rings is 3. The predicted octanol–water partition coefficient (Wildman–Crippen LogP) is 4.63. The summed E-state index contributed by atoms with van der Waals surface area (Å²) in [5.74, 6) is 0.788. The van der Waals surface area contributed by atoms with Crippen LogP contribution in [0.3, 0.4) is 0 Å². The molecule has 39 heavy (non-hydrogen) atoms. The Balaban J connectivity index is 1.63. The summed E-state index contributed by atoms with van der Waals surface area (Å²) in [6, 6.07) is 19.6. The van der Waals surface area contributed by atoms with Gasteiger partial charge in [-0.15, -0.1) is 0 Å². The van der Waals surface area contributed by atoms with E-state index in [1.807, 2.05) is 67.6 Å². The number of rotatable bonds is 5. The lowest BCUT2D eigenvalue weighted by molar-refractivity contribution is -0.138. The Morgan fingerprint density at radius 3 is 2.56 bits per heavy atom. The Labute approximate surface area is 232 Å². The highest BCUT2D eigenvalue weighted by Crippen LogP contribution is 2.36. The molecule has 3 aromatic carbocycles. The molecular weight excluding hydrogens is 536 g/mol. The van der Waals surface area contributed by atoms with Crippen LogP contribution in [0.25, 0.3) is 11.8 Å². The third-order valence-electron chi connectivity index (χ3n) is 6.61. The fourth-order valence-corrected chi connectivity index (χ4v) is 5.87. The minimum atomic E-state index is -0.757. The number of aryl methyl sites for hydroxylation is 1. The SMILES string of the molecule is CCOC(=O)C1=C(c2ccccc2)N=c2s/c(=C\c3cc4c(cc3C)OCO4)c(=O)n2[C@@H]1c1ccc(Cl)cc1. The predicted molar refractivity (Wildman–Crippen MR) is 150 cm³/mol. The topological polar surface area (TPSA) is 79.1 Å². The third kappa shape index (κ3) is 4.56. The second-order valence-electron chi connectivity index (χ2n) is 9.05. The molecule has 0 bridgehead atoms. The minimum absolute atomic E-state index is 0.167. The number of hydrogen-bond acceptors (Lipinski definition) is 7. The zero-order chi connectivity index (χ0) is 27.1. The highest BCUT2D eigenvalue weighted by Gasteiger charge is 2.35. The zero-order valence-corrected chi connectivity index (χ0v) is 22.7. The summed E-state index contributed by atoms with van der Waals surface area (Å²) in [7, 11) is 0. The summed E-state index contributed by atoms with van der Waals surface area (Å²) < 4.78 is 18.6. The number of carbonyl (C=O) groups excluding carboxylic acids is 1. The second kappa shape index (κ2) is 10.2. The van der Waals surface area contributed by atoms with Gasteiger partial charge in [-0.3, -0.25) is 9.36 Å². The average Bonchev–Trinajstić information content (AvgIpc) is 3.52. The van der Waals surface area contributed by atoms with Gasteiger partial charge < -0.3 is 14.2 Å². The Bertz CT molecular complexity index is 1810. The fraction of sp³-hybridized carbons (Fsp3) is 0.167. The lowest BCUT2D eigenvalue weighted by atomic mass is 9.93. The van der Waals surface area contributed by atoms with Gasteiger partial charge in [-0.25, -0.2) is 9.79 Å². The van der Waals surface area contributed by atoms with Crippen molar-refractivity contribution in [3.63, 3.8) is 0 Å². The molecule has 1 aromatic heterocycles. The van der Waals surface area contributed by atoms with E-state index in [-0.39, 0.29) is 19.0 Å². The van der Waals surface area contributed by atoms with Gasteiger partial charge in [-0.1, -0.05) is 65.4 Å². The number of ether oxygens (including phenoxy) is 3.